The van der Waals surface area contributed by atoms with E-state index < -0.39 is 36.5 Å². The van der Waals surface area contributed by atoms with Gasteiger partial charge in [-0.25, -0.2) is 9.59 Å². The SMILES string of the molecule is CC(C)OC(=O)N[C@@H](Cc1ccccc1)[C@H](O)CNC[C@@H](O)[C@H](Cc1ccccc1)NC(=O)OC(C)C. The molecule has 0 saturated heterocycles. The highest BCUT2D eigenvalue weighted by Crippen LogP contribution is 2.09. The molecule has 2 rings (SSSR count). The average Bonchev–Trinajstić information content (AvgIpc) is 2.83. The van der Waals surface area contributed by atoms with Gasteiger partial charge in [0.2, 0.25) is 0 Å². The first kappa shape index (κ1) is 30.1. The molecule has 9 heteroatoms. The van der Waals surface area contributed by atoms with Crippen LogP contribution in [0.15, 0.2) is 60.7 Å². The van der Waals surface area contributed by atoms with Crippen LogP contribution >= 0.6 is 0 Å². The number of nitrogens with one attached hydrogen (secondary N) is 3. The van der Waals surface area contributed by atoms with Gasteiger partial charge in [-0.1, -0.05) is 60.7 Å². The summed E-state index contributed by atoms with van der Waals surface area (Å²) in [5.41, 5.74) is 1.90. The Labute approximate surface area is 219 Å². The van der Waals surface area contributed by atoms with E-state index in [2.05, 4.69) is 16.0 Å². The van der Waals surface area contributed by atoms with Crippen molar-refractivity contribution < 1.29 is 29.3 Å². The number of alkyl carbamates (subject to hydrolysis) is 2. The lowest BCUT2D eigenvalue weighted by molar-refractivity contribution is 0.0780. The van der Waals surface area contributed by atoms with E-state index in [9.17, 15) is 19.8 Å². The molecule has 0 aliphatic carbocycles. The maximum absolute atomic E-state index is 12.2. The van der Waals surface area contributed by atoms with E-state index in [0.717, 1.165) is 11.1 Å². The van der Waals surface area contributed by atoms with E-state index in [4.69, 9.17) is 9.47 Å². The van der Waals surface area contributed by atoms with Gasteiger partial charge in [-0.15, -0.1) is 0 Å². The molecule has 4 atom stereocenters. The molecule has 0 spiro atoms. The van der Waals surface area contributed by atoms with Crippen LogP contribution in [0.3, 0.4) is 0 Å². The zero-order valence-electron chi connectivity index (χ0n) is 22.1. The summed E-state index contributed by atoms with van der Waals surface area (Å²) in [7, 11) is 0. The van der Waals surface area contributed by atoms with Gasteiger partial charge in [-0.3, -0.25) is 0 Å². The Bertz CT molecular complexity index is 851. The molecule has 204 valence electrons. The summed E-state index contributed by atoms with van der Waals surface area (Å²) in [6.45, 7) is 7.21. The molecule has 0 aliphatic rings. The van der Waals surface area contributed by atoms with Crippen molar-refractivity contribution in [1.82, 2.24) is 16.0 Å². The Morgan fingerprint density at radius 3 is 1.35 bits per heavy atom. The first-order valence-electron chi connectivity index (χ1n) is 12.7. The predicted molar refractivity (Wildman–Crippen MR) is 142 cm³/mol. The molecule has 0 radical (unpaired) electrons. The minimum atomic E-state index is -0.960. The normalized spacial score (nSPS) is 14.5. The second-order valence-corrected chi connectivity index (χ2v) is 9.58. The van der Waals surface area contributed by atoms with E-state index >= 15 is 0 Å². The van der Waals surface area contributed by atoms with E-state index in [1.165, 1.54) is 0 Å². The number of aliphatic hydroxyl groups is 2. The van der Waals surface area contributed by atoms with Crippen LogP contribution in [0.25, 0.3) is 0 Å². The Morgan fingerprint density at radius 1 is 0.676 bits per heavy atom. The maximum atomic E-state index is 12.2. The third-order valence-corrected chi connectivity index (χ3v) is 5.52. The van der Waals surface area contributed by atoms with Crippen LogP contribution in [0.1, 0.15) is 38.8 Å². The number of carbonyl (C=O) groups excluding carboxylic acids is 2. The minimum absolute atomic E-state index is 0.102. The molecular weight excluding hydrogens is 474 g/mol. The molecule has 37 heavy (non-hydrogen) atoms. The third-order valence-electron chi connectivity index (χ3n) is 5.52. The second kappa shape index (κ2) is 15.9. The molecule has 2 aromatic carbocycles. The molecule has 2 aromatic rings. The fourth-order valence-electron chi connectivity index (χ4n) is 3.77. The smallest absolute Gasteiger partial charge is 0.407 e. The first-order chi connectivity index (χ1) is 17.6. The van der Waals surface area contributed by atoms with Gasteiger partial charge in [-0.2, -0.15) is 0 Å². The van der Waals surface area contributed by atoms with Crippen LogP contribution in [0.2, 0.25) is 0 Å². The highest BCUT2D eigenvalue weighted by Gasteiger charge is 2.26. The highest BCUT2D eigenvalue weighted by molar-refractivity contribution is 5.68. The molecule has 9 nitrogen and oxygen atoms in total. The van der Waals surface area contributed by atoms with Crippen LogP contribution in [-0.4, -0.2) is 72.0 Å². The van der Waals surface area contributed by atoms with Crippen molar-refractivity contribution >= 4 is 12.2 Å². The van der Waals surface area contributed by atoms with E-state index in [0.29, 0.717) is 12.8 Å². The number of hydrogen-bond donors (Lipinski definition) is 5. The number of benzene rings is 2. The fraction of sp³-hybridized carbons (Fsp3) is 0.500. The molecule has 0 heterocycles. The van der Waals surface area contributed by atoms with Gasteiger partial charge in [-0.05, 0) is 51.7 Å². The lowest BCUT2D eigenvalue weighted by Crippen LogP contribution is -2.52. The molecule has 0 fully saturated rings. The topological polar surface area (TPSA) is 129 Å². The fourth-order valence-corrected chi connectivity index (χ4v) is 3.77. The predicted octanol–water partition coefficient (Wildman–Crippen LogP) is 2.79. The number of amides is 2. The van der Waals surface area contributed by atoms with Crippen LogP contribution in [0.5, 0.6) is 0 Å². The van der Waals surface area contributed by atoms with Crippen LogP contribution < -0.4 is 16.0 Å². The van der Waals surface area contributed by atoms with Crippen LogP contribution in [0.4, 0.5) is 9.59 Å². The number of aliphatic hydroxyl groups excluding tert-OH is 2. The van der Waals surface area contributed by atoms with Crippen molar-refractivity contribution in [2.24, 2.45) is 0 Å². The summed E-state index contributed by atoms with van der Waals surface area (Å²) in [5.74, 6) is 0. The average molecular weight is 516 g/mol. The van der Waals surface area contributed by atoms with Crippen molar-refractivity contribution in [1.29, 1.82) is 0 Å². The monoisotopic (exact) mass is 515 g/mol. The van der Waals surface area contributed by atoms with Crippen molar-refractivity contribution in [3.05, 3.63) is 71.8 Å². The zero-order valence-corrected chi connectivity index (χ0v) is 22.1. The van der Waals surface area contributed by atoms with Gasteiger partial charge in [0.1, 0.15) is 0 Å². The van der Waals surface area contributed by atoms with Crippen molar-refractivity contribution in [2.75, 3.05) is 13.1 Å². The van der Waals surface area contributed by atoms with Gasteiger partial charge >= 0.3 is 12.2 Å². The summed E-state index contributed by atoms with van der Waals surface area (Å²) in [4.78, 5) is 24.5. The van der Waals surface area contributed by atoms with Crippen molar-refractivity contribution in [3.8, 4) is 0 Å². The maximum Gasteiger partial charge on any atom is 0.407 e. The number of hydrogen-bond acceptors (Lipinski definition) is 7. The van der Waals surface area contributed by atoms with Gasteiger partial charge in [0, 0.05) is 13.1 Å². The van der Waals surface area contributed by atoms with Gasteiger partial charge in [0.15, 0.2) is 0 Å². The van der Waals surface area contributed by atoms with Gasteiger partial charge in [0.05, 0.1) is 36.5 Å². The molecule has 0 saturated carbocycles. The number of ether oxygens (including phenoxy) is 2. The molecular formula is C28H41N3O6. The Morgan fingerprint density at radius 2 is 1.03 bits per heavy atom. The summed E-state index contributed by atoms with van der Waals surface area (Å²) in [6, 6.07) is 17.8. The third kappa shape index (κ3) is 12.1. The van der Waals surface area contributed by atoms with Crippen molar-refractivity contribution in [2.45, 2.75) is 77.0 Å². The summed E-state index contributed by atoms with van der Waals surface area (Å²) >= 11 is 0. The molecule has 0 unspecified atom stereocenters. The quantitative estimate of drug-likeness (QED) is 0.262. The highest BCUT2D eigenvalue weighted by atomic mass is 16.6. The Balaban J connectivity index is 1.99. The molecule has 0 aromatic heterocycles. The van der Waals surface area contributed by atoms with E-state index in [1.54, 1.807) is 27.7 Å². The lowest BCUT2D eigenvalue weighted by Gasteiger charge is -2.27. The van der Waals surface area contributed by atoms with Crippen LogP contribution in [0, 0.1) is 0 Å². The van der Waals surface area contributed by atoms with E-state index in [1.807, 2.05) is 60.7 Å². The standard InChI is InChI=1S/C28H41N3O6/c1-19(2)36-27(34)30-23(15-21-11-7-5-8-12-21)25(32)17-29-18-26(33)24(31-28(35)37-20(3)4)16-22-13-9-6-10-14-22/h5-14,19-20,23-26,29,32-33H,15-18H2,1-4H3,(H,30,34)(H,31,35)/t23-,24-,25+,26+/m0/s1. The van der Waals surface area contributed by atoms with Crippen molar-refractivity contribution in [3.63, 3.8) is 0 Å². The van der Waals surface area contributed by atoms with Crippen LogP contribution in [-0.2, 0) is 22.3 Å². The summed E-state index contributed by atoms with van der Waals surface area (Å²) in [5, 5.41) is 30.3. The summed E-state index contributed by atoms with van der Waals surface area (Å²) in [6.07, 6.45) is -2.91. The largest absolute Gasteiger partial charge is 0.447 e. The molecule has 0 bridgehead atoms. The minimum Gasteiger partial charge on any atom is -0.447 e. The number of carbonyl (C=O) groups is 2. The van der Waals surface area contributed by atoms with E-state index in [-0.39, 0.29) is 25.3 Å². The summed E-state index contributed by atoms with van der Waals surface area (Å²) < 4.78 is 10.4. The molecule has 0 aliphatic heterocycles. The zero-order chi connectivity index (χ0) is 27.2. The second-order valence-electron chi connectivity index (χ2n) is 9.58. The Kier molecular flexibility index (Phi) is 12.9. The Hall–Kier alpha value is -3.14. The van der Waals surface area contributed by atoms with Gasteiger partial charge in [0.25, 0.3) is 0 Å². The lowest BCUT2D eigenvalue weighted by atomic mass is 10.00. The molecule has 5 N–H and O–H groups in total. The number of rotatable bonds is 14. The van der Waals surface area contributed by atoms with Gasteiger partial charge < -0.3 is 35.6 Å². The molecule has 2 amide bonds. The first-order valence-corrected chi connectivity index (χ1v) is 12.7.